The van der Waals surface area contributed by atoms with Gasteiger partial charge in [-0.15, -0.1) is 15.3 Å². The lowest BCUT2D eigenvalue weighted by Crippen LogP contribution is -2.60. The maximum absolute atomic E-state index is 13.7. The highest BCUT2D eigenvalue weighted by Gasteiger charge is 2.36. The molecule has 0 saturated carbocycles. The highest BCUT2D eigenvalue weighted by molar-refractivity contribution is 6.06. The van der Waals surface area contributed by atoms with Crippen LogP contribution in [-0.2, 0) is 62.5 Å². The standard InChI is InChI=1S/C31H54B3N13O9/c1-6-55-29(2,3)7-8-56-30(4,5)9-25(48)38-31(19-52-16-26(49)35-10-22-13-45(32)42-39-22,20-53-17-27(50)36-11-23-14-46(33)43-40-23)21-54-18-28(51)37-12-24-15-47(34)44-41-24/h13-15H,6-12,16-21,32-34H2,1-5H3,(H,35,49)(H,36,50)(H,37,51)(H,38,48). The molecule has 4 N–H and O–H groups in total. The molecular weight excluding hydrogens is 731 g/mol. The number of hydrogen-bond donors (Lipinski definition) is 4. The van der Waals surface area contributed by atoms with Gasteiger partial charge < -0.3 is 58.7 Å². The molecule has 3 heterocycles. The monoisotopic (exact) mass is 785 g/mol. The van der Waals surface area contributed by atoms with Crippen molar-refractivity contribution in [3.05, 3.63) is 35.7 Å². The van der Waals surface area contributed by atoms with Gasteiger partial charge in [0, 0.05) is 25.2 Å². The molecule has 3 rings (SSSR count). The van der Waals surface area contributed by atoms with Crippen molar-refractivity contribution in [2.45, 2.75) is 83.8 Å². The Morgan fingerprint density at radius 2 is 1.02 bits per heavy atom. The molecule has 0 aliphatic heterocycles. The Labute approximate surface area is 328 Å². The first-order valence-electron chi connectivity index (χ1n) is 18.1. The second kappa shape index (κ2) is 22.1. The van der Waals surface area contributed by atoms with Gasteiger partial charge in [-0.25, -0.2) is 0 Å². The number of carbonyl (C=O) groups excluding carboxylic acids is 4. The zero-order valence-electron chi connectivity index (χ0n) is 33.6. The molecule has 0 radical (unpaired) electrons. The van der Waals surface area contributed by atoms with Gasteiger partial charge in [0.05, 0.1) is 63.7 Å². The van der Waals surface area contributed by atoms with Crippen molar-refractivity contribution in [3.63, 3.8) is 0 Å². The first kappa shape index (κ1) is 45.7. The molecule has 25 heteroatoms. The van der Waals surface area contributed by atoms with E-state index in [1.165, 1.54) is 13.8 Å². The Balaban J connectivity index is 1.72. The van der Waals surface area contributed by atoms with Gasteiger partial charge in [-0.3, -0.25) is 19.2 Å². The third-order valence-electron chi connectivity index (χ3n) is 7.91. The van der Waals surface area contributed by atoms with Crippen molar-refractivity contribution in [2.75, 3.05) is 52.9 Å². The molecule has 0 bridgehead atoms. The predicted octanol–water partition coefficient (Wildman–Crippen LogP) is -4.81. The minimum absolute atomic E-state index is 0.0837. The van der Waals surface area contributed by atoms with Gasteiger partial charge in [0.25, 0.3) is 23.9 Å². The SMILES string of the molecule is Bn1cc(CNC(=O)COCC(COCC(=O)NCc2cn(B)nn2)(COCC(=O)NCc2cn(B)nn2)NC(=O)CC(C)(C)OCCC(C)(C)OCC)nn1. The van der Waals surface area contributed by atoms with Gasteiger partial charge in [0.15, 0.2) is 0 Å². The summed E-state index contributed by atoms with van der Waals surface area (Å²) in [6.07, 6.45) is 5.50. The largest absolute Gasteiger partial charge is 0.376 e. The van der Waals surface area contributed by atoms with E-state index in [-0.39, 0.29) is 45.9 Å². The molecule has 4 amide bonds. The average molecular weight is 785 g/mol. The molecule has 0 atom stereocenters. The molecular formula is C31H54B3N13O9. The number of hydrogen-bond acceptors (Lipinski definition) is 15. The van der Waals surface area contributed by atoms with Crippen LogP contribution in [0.3, 0.4) is 0 Å². The fourth-order valence-corrected chi connectivity index (χ4v) is 5.21. The van der Waals surface area contributed by atoms with Crippen molar-refractivity contribution in [1.29, 1.82) is 0 Å². The van der Waals surface area contributed by atoms with Gasteiger partial charge >= 0.3 is 0 Å². The highest BCUT2D eigenvalue weighted by atomic mass is 16.5. The lowest BCUT2D eigenvalue weighted by atomic mass is 9.99. The van der Waals surface area contributed by atoms with Crippen LogP contribution in [0.5, 0.6) is 0 Å². The van der Waals surface area contributed by atoms with E-state index in [1.54, 1.807) is 56.4 Å². The number of aromatic nitrogens is 9. The second-order valence-electron chi connectivity index (χ2n) is 14.5. The fourth-order valence-electron chi connectivity index (χ4n) is 5.21. The summed E-state index contributed by atoms with van der Waals surface area (Å²) in [5.74, 6) is -1.85. The summed E-state index contributed by atoms with van der Waals surface area (Å²) in [7, 11) is 5.12. The van der Waals surface area contributed by atoms with E-state index < -0.39 is 60.2 Å². The summed E-state index contributed by atoms with van der Waals surface area (Å²) in [6.45, 7) is 8.57. The lowest BCUT2D eigenvalue weighted by Gasteiger charge is -2.35. The fraction of sp³-hybridized carbons (Fsp3) is 0.677. The molecule has 0 fully saturated rings. The normalized spacial score (nSPS) is 12.0. The maximum atomic E-state index is 13.7. The van der Waals surface area contributed by atoms with E-state index in [9.17, 15) is 19.2 Å². The number of amides is 4. The number of nitrogens with zero attached hydrogens (tertiary/aromatic N) is 9. The summed E-state index contributed by atoms with van der Waals surface area (Å²) in [5, 5.41) is 34.4. The first-order chi connectivity index (χ1) is 26.5. The molecule has 56 heavy (non-hydrogen) atoms. The van der Waals surface area contributed by atoms with Crippen LogP contribution in [-0.4, -0.2) is 162 Å². The Hall–Kier alpha value is -4.71. The van der Waals surface area contributed by atoms with E-state index in [4.69, 9.17) is 23.7 Å². The predicted molar refractivity (Wildman–Crippen MR) is 206 cm³/mol. The van der Waals surface area contributed by atoms with E-state index >= 15 is 0 Å². The Morgan fingerprint density at radius 1 is 0.625 bits per heavy atom. The number of rotatable bonds is 27. The molecule has 0 saturated heterocycles. The first-order valence-corrected chi connectivity index (χ1v) is 18.1. The molecule has 0 spiro atoms. The van der Waals surface area contributed by atoms with E-state index in [0.717, 1.165) is 0 Å². The van der Waals surface area contributed by atoms with E-state index in [1.807, 2.05) is 20.8 Å². The number of carbonyl (C=O) groups is 4. The van der Waals surface area contributed by atoms with Crippen LogP contribution in [0.15, 0.2) is 18.6 Å². The van der Waals surface area contributed by atoms with Crippen molar-refractivity contribution >= 4 is 47.6 Å². The maximum Gasteiger partial charge on any atom is 0.251 e. The van der Waals surface area contributed by atoms with E-state index in [2.05, 4.69) is 52.2 Å². The van der Waals surface area contributed by atoms with Crippen LogP contribution in [0.4, 0.5) is 0 Å². The summed E-state index contributed by atoms with van der Waals surface area (Å²) in [5.41, 5.74) is -1.15. The molecule has 3 aromatic heterocycles. The summed E-state index contributed by atoms with van der Waals surface area (Å²) in [4.78, 5) is 51.9. The van der Waals surface area contributed by atoms with Crippen LogP contribution in [0.1, 0.15) is 64.5 Å². The van der Waals surface area contributed by atoms with Crippen molar-refractivity contribution < 1.29 is 42.9 Å². The van der Waals surface area contributed by atoms with Gasteiger partial charge in [0.1, 0.15) is 42.4 Å². The van der Waals surface area contributed by atoms with Crippen LogP contribution in [0, 0.1) is 0 Å². The summed E-state index contributed by atoms with van der Waals surface area (Å²) >= 11 is 0. The minimum atomic E-state index is -1.48. The smallest absolute Gasteiger partial charge is 0.251 e. The van der Waals surface area contributed by atoms with Gasteiger partial charge in [0.2, 0.25) is 23.6 Å². The molecule has 306 valence electrons. The third kappa shape index (κ3) is 17.8. The molecule has 0 unspecified atom stereocenters. The van der Waals surface area contributed by atoms with Crippen LogP contribution in [0.25, 0.3) is 0 Å². The lowest BCUT2D eigenvalue weighted by molar-refractivity contribution is -0.138. The molecule has 22 nitrogen and oxygen atoms in total. The van der Waals surface area contributed by atoms with Crippen LogP contribution >= 0.6 is 0 Å². The van der Waals surface area contributed by atoms with Crippen LogP contribution < -0.4 is 21.3 Å². The van der Waals surface area contributed by atoms with Crippen molar-refractivity contribution in [1.82, 2.24) is 66.0 Å². The Morgan fingerprint density at radius 3 is 1.36 bits per heavy atom. The molecule has 3 aromatic rings. The minimum Gasteiger partial charge on any atom is -0.376 e. The zero-order valence-corrected chi connectivity index (χ0v) is 33.6. The molecule has 0 aliphatic carbocycles. The summed E-state index contributed by atoms with van der Waals surface area (Å²) in [6, 6.07) is 0. The van der Waals surface area contributed by atoms with Crippen molar-refractivity contribution in [2.24, 2.45) is 0 Å². The number of nitrogens with one attached hydrogen (secondary N) is 4. The third-order valence-corrected chi connectivity index (χ3v) is 7.91. The van der Waals surface area contributed by atoms with E-state index in [0.29, 0.717) is 36.7 Å². The van der Waals surface area contributed by atoms with Crippen molar-refractivity contribution in [3.8, 4) is 0 Å². The Kier molecular flexibility index (Phi) is 18.1. The Bertz CT molecular complexity index is 1550. The quantitative estimate of drug-likeness (QED) is 0.0530. The topological polar surface area (TPSA) is 255 Å². The number of ether oxygens (including phenoxy) is 5. The average Bonchev–Trinajstić information content (AvgIpc) is 3.85. The molecule has 0 aromatic carbocycles. The zero-order chi connectivity index (χ0) is 41.2. The van der Waals surface area contributed by atoms with Gasteiger partial charge in [-0.1, -0.05) is 15.6 Å². The molecule has 0 aliphatic rings. The second-order valence-corrected chi connectivity index (χ2v) is 14.5. The summed E-state index contributed by atoms with van der Waals surface area (Å²) < 4.78 is 33.9. The van der Waals surface area contributed by atoms with Gasteiger partial charge in [-0.2, -0.15) is 0 Å². The van der Waals surface area contributed by atoms with Crippen LogP contribution in [0.2, 0.25) is 0 Å². The highest BCUT2D eigenvalue weighted by Crippen LogP contribution is 2.20. The van der Waals surface area contributed by atoms with Gasteiger partial charge in [-0.05, 0) is 41.0 Å².